The fourth-order valence-corrected chi connectivity index (χ4v) is 7.25. The van der Waals surface area contributed by atoms with Crippen LogP contribution >= 0.6 is 11.8 Å². The van der Waals surface area contributed by atoms with Gasteiger partial charge in [-0.05, 0) is 75.9 Å². The number of amidine groups is 1. The Kier molecular flexibility index (Phi) is 11.5. The maximum absolute atomic E-state index is 13.0. The molecule has 1 amide bonds. The second-order valence-corrected chi connectivity index (χ2v) is 14.3. The Bertz CT molecular complexity index is 1310. The number of aliphatic imine (C=N–C) groups is 1. The van der Waals surface area contributed by atoms with Crippen molar-refractivity contribution >= 4 is 23.0 Å². The first-order valence-electron chi connectivity index (χ1n) is 16.2. The van der Waals surface area contributed by atoms with Crippen molar-refractivity contribution < 1.29 is 33.2 Å². The van der Waals surface area contributed by atoms with Crippen LogP contribution in [0.2, 0.25) is 0 Å². The lowest BCUT2D eigenvalue weighted by Crippen LogP contribution is -2.62. The molecule has 1 saturated heterocycles. The Hall–Kier alpha value is -2.83. The minimum atomic E-state index is -0.630. The summed E-state index contributed by atoms with van der Waals surface area (Å²) in [7, 11) is 4.99. The molecular formula is C35H49N3O7S. The summed E-state index contributed by atoms with van der Waals surface area (Å²) < 4.78 is 36.7. The second-order valence-electron chi connectivity index (χ2n) is 13.2. The van der Waals surface area contributed by atoms with Gasteiger partial charge in [-0.15, -0.1) is 0 Å². The molecule has 6 atom stereocenters. The van der Waals surface area contributed by atoms with E-state index in [-0.39, 0.29) is 17.6 Å². The lowest BCUT2D eigenvalue weighted by molar-refractivity contribution is -0.204. The van der Waals surface area contributed by atoms with Crippen molar-refractivity contribution in [1.82, 2.24) is 10.2 Å². The topological polar surface area (TPSA) is 100 Å². The molecule has 252 valence electrons. The van der Waals surface area contributed by atoms with Crippen LogP contribution in [0.25, 0.3) is 0 Å². The standard InChI is InChI=1S/C35H49N3O7S/c1-22(36-25-10-8-9-11-25)29-31(43-21-24-14-18-27(41-7)19-15-24)30(42-20-23-12-16-26(40-6)17-13-23)28-32(44-29)46-33(37-28)38(5)34(39)45-35(2,3)4/h12-19,22,25,28-32,36H,8-11,20-21H2,1-7H3/t22?,28-,29-,30-,31-,32-/m1/s1. The van der Waals surface area contributed by atoms with Crippen LogP contribution in [0.15, 0.2) is 53.5 Å². The van der Waals surface area contributed by atoms with E-state index in [2.05, 4.69) is 12.2 Å². The first-order valence-corrected chi connectivity index (χ1v) is 17.0. The minimum Gasteiger partial charge on any atom is -0.497 e. The Morgan fingerprint density at radius 3 is 2.02 bits per heavy atom. The van der Waals surface area contributed by atoms with E-state index in [1.165, 1.54) is 29.5 Å². The van der Waals surface area contributed by atoms with Gasteiger partial charge in [0.1, 0.15) is 46.9 Å². The summed E-state index contributed by atoms with van der Waals surface area (Å²) in [6.07, 6.45) is 3.09. The zero-order chi connectivity index (χ0) is 32.8. The van der Waals surface area contributed by atoms with Crippen LogP contribution in [-0.4, -0.2) is 84.9 Å². The Labute approximate surface area is 277 Å². The number of nitrogens with one attached hydrogen (secondary N) is 1. The summed E-state index contributed by atoms with van der Waals surface area (Å²) in [5, 5.41) is 4.37. The maximum atomic E-state index is 13.0. The summed E-state index contributed by atoms with van der Waals surface area (Å²) in [4.78, 5) is 19.5. The van der Waals surface area contributed by atoms with Crippen LogP contribution in [0.5, 0.6) is 11.5 Å². The molecule has 46 heavy (non-hydrogen) atoms. The molecule has 1 N–H and O–H groups in total. The Morgan fingerprint density at radius 1 is 0.957 bits per heavy atom. The number of hydrogen-bond donors (Lipinski definition) is 1. The number of amides is 1. The van der Waals surface area contributed by atoms with Gasteiger partial charge in [0.05, 0.1) is 27.4 Å². The third kappa shape index (κ3) is 8.74. The van der Waals surface area contributed by atoms with Gasteiger partial charge in [-0.3, -0.25) is 9.89 Å². The third-order valence-corrected chi connectivity index (χ3v) is 9.75. The maximum Gasteiger partial charge on any atom is 0.416 e. The molecule has 2 aromatic rings. The summed E-state index contributed by atoms with van der Waals surface area (Å²) in [6, 6.07) is 15.8. The van der Waals surface area contributed by atoms with Crippen LogP contribution in [0.4, 0.5) is 4.79 Å². The highest BCUT2D eigenvalue weighted by Gasteiger charge is 2.53. The van der Waals surface area contributed by atoms with E-state index in [4.69, 9.17) is 33.4 Å². The molecule has 0 spiro atoms. The molecule has 1 saturated carbocycles. The van der Waals surface area contributed by atoms with E-state index in [9.17, 15) is 4.79 Å². The van der Waals surface area contributed by atoms with Crippen LogP contribution in [0.1, 0.15) is 64.5 Å². The Balaban J connectivity index is 1.43. The predicted molar refractivity (Wildman–Crippen MR) is 179 cm³/mol. The number of benzene rings is 2. The van der Waals surface area contributed by atoms with Gasteiger partial charge in [-0.1, -0.05) is 48.9 Å². The average Bonchev–Trinajstić information content (AvgIpc) is 3.72. The highest BCUT2D eigenvalue weighted by atomic mass is 32.2. The zero-order valence-corrected chi connectivity index (χ0v) is 28.9. The number of nitrogens with zero attached hydrogens (tertiary/aromatic N) is 2. The van der Waals surface area contributed by atoms with Gasteiger partial charge >= 0.3 is 6.09 Å². The smallest absolute Gasteiger partial charge is 0.416 e. The van der Waals surface area contributed by atoms with E-state index in [1.807, 2.05) is 69.3 Å². The van der Waals surface area contributed by atoms with Crippen molar-refractivity contribution in [3.05, 3.63) is 59.7 Å². The van der Waals surface area contributed by atoms with Crippen molar-refractivity contribution in [1.29, 1.82) is 0 Å². The van der Waals surface area contributed by atoms with Crippen molar-refractivity contribution in [3.8, 4) is 11.5 Å². The van der Waals surface area contributed by atoms with E-state index in [0.717, 1.165) is 35.5 Å². The number of carbonyl (C=O) groups is 1. The number of ether oxygens (including phenoxy) is 6. The normalized spacial score (nSPS) is 25.5. The van der Waals surface area contributed by atoms with Gasteiger partial charge in [-0.2, -0.15) is 0 Å². The summed E-state index contributed by atoms with van der Waals surface area (Å²) in [5.41, 5.74) is 1.03. The molecule has 3 aliphatic rings. The van der Waals surface area contributed by atoms with Crippen LogP contribution in [0, 0.1) is 0 Å². The first-order chi connectivity index (χ1) is 22.0. The highest BCUT2D eigenvalue weighted by molar-refractivity contribution is 8.14. The lowest BCUT2D eigenvalue weighted by Gasteiger charge is -2.45. The van der Waals surface area contributed by atoms with Crippen LogP contribution < -0.4 is 14.8 Å². The number of thioether (sulfide) groups is 1. The van der Waals surface area contributed by atoms with Crippen molar-refractivity contribution in [2.45, 2.75) is 114 Å². The molecule has 2 aromatic carbocycles. The molecule has 0 radical (unpaired) electrons. The molecule has 10 nitrogen and oxygen atoms in total. The summed E-state index contributed by atoms with van der Waals surface area (Å²) in [5.74, 6) is 1.58. The molecule has 2 fully saturated rings. The first kappa shape index (κ1) is 34.5. The Morgan fingerprint density at radius 2 is 1.50 bits per heavy atom. The van der Waals surface area contributed by atoms with Crippen LogP contribution in [0.3, 0.4) is 0 Å². The summed E-state index contributed by atoms with van der Waals surface area (Å²) in [6.45, 7) is 8.44. The van der Waals surface area contributed by atoms with Crippen molar-refractivity contribution in [2.24, 2.45) is 4.99 Å². The van der Waals surface area contributed by atoms with E-state index in [1.54, 1.807) is 21.3 Å². The zero-order valence-electron chi connectivity index (χ0n) is 28.1. The molecule has 1 unspecified atom stereocenters. The second kappa shape index (κ2) is 15.4. The van der Waals surface area contributed by atoms with Crippen molar-refractivity contribution in [2.75, 3.05) is 21.3 Å². The van der Waals surface area contributed by atoms with E-state index < -0.39 is 29.9 Å². The lowest BCUT2D eigenvalue weighted by atomic mass is 9.93. The average molecular weight is 656 g/mol. The van der Waals surface area contributed by atoms with Crippen molar-refractivity contribution in [3.63, 3.8) is 0 Å². The monoisotopic (exact) mass is 655 g/mol. The molecule has 5 rings (SSSR count). The van der Waals surface area contributed by atoms with Gasteiger partial charge in [0.15, 0.2) is 5.17 Å². The number of carbonyl (C=O) groups excluding carboxylic acids is 1. The molecule has 0 bridgehead atoms. The fraction of sp³-hybridized carbons (Fsp3) is 0.600. The molecular weight excluding hydrogens is 606 g/mol. The minimum absolute atomic E-state index is 0.00904. The quantitative estimate of drug-likeness (QED) is 0.305. The largest absolute Gasteiger partial charge is 0.497 e. The van der Waals surface area contributed by atoms with Gasteiger partial charge in [0.2, 0.25) is 0 Å². The van der Waals surface area contributed by atoms with E-state index in [0.29, 0.717) is 24.4 Å². The van der Waals surface area contributed by atoms with Gasteiger partial charge in [0, 0.05) is 19.1 Å². The fourth-order valence-electron chi connectivity index (χ4n) is 6.09. The number of methoxy groups -OCH3 is 2. The molecule has 1 aliphatic carbocycles. The number of fused-ring (bicyclic) bond motifs is 1. The van der Waals surface area contributed by atoms with Crippen LogP contribution in [-0.2, 0) is 32.2 Å². The molecule has 0 aromatic heterocycles. The SMILES string of the molecule is COc1ccc(CO[C@@H]2[C@H]3N=C(N(C)C(=O)OC(C)(C)C)S[C@H]3O[C@H](C(C)NC3CCCC3)[C@H]2OCc2ccc(OC)cc2)cc1. The molecule has 2 heterocycles. The molecule has 11 heteroatoms. The number of rotatable bonds is 11. The van der Waals surface area contributed by atoms with Gasteiger partial charge in [-0.25, -0.2) is 4.79 Å². The van der Waals surface area contributed by atoms with Gasteiger partial charge < -0.3 is 33.7 Å². The van der Waals surface area contributed by atoms with Gasteiger partial charge in [0.25, 0.3) is 0 Å². The van der Waals surface area contributed by atoms with E-state index >= 15 is 0 Å². The third-order valence-electron chi connectivity index (χ3n) is 8.54. The summed E-state index contributed by atoms with van der Waals surface area (Å²) >= 11 is 1.43. The number of hydrogen-bond acceptors (Lipinski definition) is 10. The molecule has 2 aliphatic heterocycles. The highest BCUT2D eigenvalue weighted by Crippen LogP contribution is 2.41. The predicted octanol–water partition coefficient (Wildman–Crippen LogP) is 6.16.